The van der Waals surface area contributed by atoms with Crippen molar-refractivity contribution >= 4 is 28.8 Å². The van der Waals surface area contributed by atoms with Crippen LogP contribution in [0.4, 0.5) is 0 Å². The second kappa shape index (κ2) is 6.10. The molecule has 0 amide bonds. The predicted octanol–water partition coefficient (Wildman–Crippen LogP) is 3.57. The molecule has 0 atom stereocenters. The van der Waals surface area contributed by atoms with Gasteiger partial charge in [-0.2, -0.15) is 0 Å². The molecule has 1 heterocycles. The Labute approximate surface area is 116 Å². The van der Waals surface area contributed by atoms with Gasteiger partial charge in [-0.05, 0) is 25.0 Å². The largest absolute Gasteiger partial charge is 0.481 e. The van der Waals surface area contributed by atoms with E-state index >= 15 is 0 Å². The fourth-order valence-electron chi connectivity index (χ4n) is 2.26. The summed E-state index contributed by atoms with van der Waals surface area (Å²) in [4.78, 5) is 15.3. The van der Waals surface area contributed by atoms with E-state index in [2.05, 4.69) is 23.4 Å². The Kier molecular flexibility index (Phi) is 4.47. The summed E-state index contributed by atoms with van der Waals surface area (Å²) in [6.45, 7) is 4.29. The van der Waals surface area contributed by atoms with Gasteiger partial charge in [-0.3, -0.25) is 4.79 Å². The van der Waals surface area contributed by atoms with E-state index in [0.717, 1.165) is 29.0 Å². The van der Waals surface area contributed by atoms with Crippen molar-refractivity contribution in [2.24, 2.45) is 0 Å². The maximum Gasteiger partial charge on any atom is 0.313 e. The van der Waals surface area contributed by atoms with Gasteiger partial charge in [-0.15, -0.1) is 0 Å². The second-order valence-corrected chi connectivity index (χ2v) is 5.35. The second-order valence-electron chi connectivity index (χ2n) is 4.41. The van der Waals surface area contributed by atoms with Crippen LogP contribution in [0.1, 0.15) is 32.7 Å². The van der Waals surface area contributed by atoms with E-state index < -0.39 is 5.97 Å². The summed E-state index contributed by atoms with van der Waals surface area (Å²) in [7, 11) is 0. The molecular formula is C14H18N2O2S. The number of thioether (sulfide) groups is 1. The number of carboxylic acid groups (broad SMARTS) is 1. The summed E-state index contributed by atoms with van der Waals surface area (Å²) in [5.41, 5.74) is 2.02. The highest BCUT2D eigenvalue weighted by atomic mass is 32.2. The first-order chi connectivity index (χ1) is 9.17. The summed E-state index contributed by atoms with van der Waals surface area (Å²) < 4.78 is 2.18. The normalized spacial score (nSPS) is 11.3. The van der Waals surface area contributed by atoms with Crippen LogP contribution in [0.15, 0.2) is 29.4 Å². The number of benzene rings is 1. The lowest BCUT2D eigenvalue weighted by atomic mass is 10.1. The zero-order valence-corrected chi connectivity index (χ0v) is 12.0. The van der Waals surface area contributed by atoms with Crippen LogP contribution in [-0.4, -0.2) is 26.4 Å². The van der Waals surface area contributed by atoms with Crippen molar-refractivity contribution in [3.63, 3.8) is 0 Å². The number of para-hydroxylation sites is 2. The number of imidazole rings is 1. The highest BCUT2D eigenvalue weighted by Crippen LogP contribution is 2.30. The molecule has 5 heteroatoms. The minimum absolute atomic E-state index is 0.0451. The van der Waals surface area contributed by atoms with Gasteiger partial charge in [0.15, 0.2) is 5.16 Å². The van der Waals surface area contributed by atoms with Crippen LogP contribution in [0, 0.1) is 0 Å². The first kappa shape index (κ1) is 13.9. The van der Waals surface area contributed by atoms with Crippen molar-refractivity contribution in [3.8, 4) is 0 Å². The van der Waals surface area contributed by atoms with Crippen molar-refractivity contribution in [1.29, 1.82) is 0 Å². The molecule has 0 spiro atoms. The molecule has 0 radical (unpaired) electrons. The number of aromatic nitrogens is 2. The summed E-state index contributed by atoms with van der Waals surface area (Å²) in [6, 6.07) is 8.33. The maximum atomic E-state index is 10.8. The number of hydrogen-bond acceptors (Lipinski definition) is 3. The molecule has 1 aromatic heterocycles. The molecule has 4 nitrogen and oxygen atoms in total. The quantitative estimate of drug-likeness (QED) is 0.821. The van der Waals surface area contributed by atoms with Crippen LogP contribution in [0.25, 0.3) is 11.0 Å². The molecule has 0 saturated heterocycles. The lowest BCUT2D eigenvalue weighted by molar-refractivity contribution is -0.133. The molecule has 0 aliphatic heterocycles. The Morgan fingerprint density at radius 3 is 2.68 bits per heavy atom. The molecule has 0 aliphatic carbocycles. The zero-order valence-electron chi connectivity index (χ0n) is 11.2. The molecule has 102 valence electrons. The zero-order chi connectivity index (χ0) is 13.8. The molecule has 0 saturated carbocycles. The van der Waals surface area contributed by atoms with Gasteiger partial charge in [0.2, 0.25) is 0 Å². The van der Waals surface area contributed by atoms with Gasteiger partial charge in [0, 0.05) is 6.04 Å². The number of hydrogen-bond donors (Lipinski definition) is 1. The van der Waals surface area contributed by atoms with Gasteiger partial charge in [0.05, 0.1) is 16.8 Å². The van der Waals surface area contributed by atoms with Crippen LogP contribution in [0.2, 0.25) is 0 Å². The van der Waals surface area contributed by atoms with Crippen LogP contribution in [0.3, 0.4) is 0 Å². The van der Waals surface area contributed by atoms with Gasteiger partial charge in [-0.25, -0.2) is 4.98 Å². The van der Waals surface area contributed by atoms with Gasteiger partial charge in [-0.1, -0.05) is 37.7 Å². The summed E-state index contributed by atoms with van der Waals surface area (Å²) in [5, 5.41) is 9.64. The fourth-order valence-corrected chi connectivity index (χ4v) is 3.06. The number of rotatable bonds is 6. The highest BCUT2D eigenvalue weighted by Gasteiger charge is 2.17. The maximum absolute atomic E-state index is 10.8. The van der Waals surface area contributed by atoms with Crippen molar-refractivity contribution in [1.82, 2.24) is 9.55 Å². The van der Waals surface area contributed by atoms with Crippen LogP contribution < -0.4 is 0 Å². The fraction of sp³-hybridized carbons (Fsp3) is 0.429. The highest BCUT2D eigenvalue weighted by molar-refractivity contribution is 7.99. The van der Waals surface area contributed by atoms with Crippen LogP contribution >= 0.6 is 11.8 Å². The van der Waals surface area contributed by atoms with Crippen LogP contribution in [0.5, 0.6) is 0 Å². The smallest absolute Gasteiger partial charge is 0.313 e. The summed E-state index contributed by atoms with van der Waals surface area (Å²) >= 11 is 1.29. The molecule has 0 aliphatic rings. The summed E-state index contributed by atoms with van der Waals surface area (Å²) in [6.07, 6.45) is 2.02. The number of nitrogens with zero attached hydrogens (tertiary/aromatic N) is 2. The molecule has 19 heavy (non-hydrogen) atoms. The van der Waals surface area contributed by atoms with E-state index in [-0.39, 0.29) is 5.75 Å². The Balaban J connectivity index is 2.48. The average molecular weight is 278 g/mol. The molecule has 0 unspecified atom stereocenters. The third-order valence-electron chi connectivity index (χ3n) is 3.20. The minimum Gasteiger partial charge on any atom is -0.481 e. The lowest BCUT2D eigenvalue weighted by Crippen LogP contribution is -2.09. The molecule has 0 fully saturated rings. The molecule has 1 aromatic carbocycles. The molecule has 2 aromatic rings. The Bertz CT molecular complexity index is 576. The average Bonchev–Trinajstić information content (AvgIpc) is 2.77. The third-order valence-corrected chi connectivity index (χ3v) is 4.13. The standard InChI is InChI=1S/C14H18N2O2S/c1-3-10(4-2)16-12-8-6-5-7-11(12)15-14(16)19-9-13(17)18/h5-8,10H,3-4,9H2,1-2H3,(H,17,18). The predicted molar refractivity (Wildman–Crippen MR) is 77.7 cm³/mol. The molecular weight excluding hydrogens is 260 g/mol. The van der Waals surface area contributed by atoms with Crippen molar-refractivity contribution in [2.45, 2.75) is 37.9 Å². The van der Waals surface area contributed by atoms with Gasteiger partial charge < -0.3 is 9.67 Å². The molecule has 2 rings (SSSR count). The SMILES string of the molecule is CCC(CC)n1c(SCC(=O)O)nc2ccccc21. The van der Waals surface area contributed by atoms with Gasteiger partial charge >= 0.3 is 5.97 Å². The first-order valence-corrected chi connectivity index (χ1v) is 7.47. The van der Waals surface area contributed by atoms with Gasteiger partial charge in [0.1, 0.15) is 0 Å². The Morgan fingerprint density at radius 1 is 1.37 bits per heavy atom. The van der Waals surface area contributed by atoms with E-state index in [4.69, 9.17) is 5.11 Å². The first-order valence-electron chi connectivity index (χ1n) is 6.48. The van der Waals surface area contributed by atoms with E-state index in [0.29, 0.717) is 6.04 Å². The molecule has 0 bridgehead atoms. The van der Waals surface area contributed by atoms with E-state index in [1.165, 1.54) is 11.8 Å². The Morgan fingerprint density at radius 2 is 2.05 bits per heavy atom. The number of aliphatic carboxylic acids is 1. The number of fused-ring (bicyclic) bond motifs is 1. The Hall–Kier alpha value is -1.49. The van der Waals surface area contributed by atoms with Gasteiger partial charge in [0.25, 0.3) is 0 Å². The lowest BCUT2D eigenvalue weighted by Gasteiger charge is -2.18. The summed E-state index contributed by atoms with van der Waals surface area (Å²) in [5.74, 6) is -0.767. The van der Waals surface area contributed by atoms with E-state index in [9.17, 15) is 4.79 Å². The number of carboxylic acids is 1. The monoisotopic (exact) mass is 278 g/mol. The minimum atomic E-state index is -0.812. The number of carbonyl (C=O) groups is 1. The van der Waals surface area contributed by atoms with E-state index in [1.807, 2.05) is 24.3 Å². The third kappa shape index (κ3) is 2.92. The molecule has 1 N–H and O–H groups in total. The van der Waals surface area contributed by atoms with Crippen molar-refractivity contribution in [2.75, 3.05) is 5.75 Å². The van der Waals surface area contributed by atoms with Crippen LogP contribution in [-0.2, 0) is 4.79 Å². The van der Waals surface area contributed by atoms with Crippen molar-refractivity contribution in [3.05, 3.63) is 24.3 Å². The topological polar surface area (TPSA) is 55.1 Å². The van der Waals surface area contributed by atoms with Crippen molar-refractivity contribution < 1.29 is 9.90 Å². The van der Waals surface area contributed by atoms with E-state index in [1.54, 1.807) is 0 Å².